The molecule has 0 saturated carbocycles. The number of hydrogen-bond donors (Lipinski definition) is 6. The summed E-state index contributed by atoms with van der Waals surface area (Å²) in [7, 11) is 0. The molecule has 434 valence electrons. The van der Waals surface area contributed by atoms with Crippen LogP contribution in [0, 0.1) is 0 Å². The minimum Gasteiger partial charge on any atom is -0.454 e. The van der Waals surface area contributed by atoms with E-state index in [-0.39, 0.29) is 19.4 Å². The van der Waals surface area contributed by atoms with E-state index in [0.29, 0.717) is 12.8 Å². The summed E-state index contributed by atoms with van der Waals surface area (Å²) in [6, 6.07) is -1.05. The van der Waals surface area contributed by atoms with Crippen LogP contribution in [-0.4, -0.2) is 99.6 Å². The van der Waals surface area contributed by atoms with Gasteiger partial charge >= 0.3 is 5.97 Å². The molecule has 6 N–H and O–H groups in total. The Morgan fingerprint density at radius 2 is 0.987 bits per heavy atom. The molecule has 8 atom stereocenters. The van der Waals surface area contributed by atoms with Gasteiger partial charge in [0.1, 0.15) is 24.4 Å². The van der Waals surface area contributed by atoms with E-state index >= 15 is 0 Å². The van der Waals surface area contributed by atoms with Crippen molar-refractivity contribution in [3.8, 4) is 0 Å². The highest BCUT2D eigenvalue weighted by Gasteiger charge is 2.47. The first-order chi connectivity index (χ1) is 37.2. The maximum Gasteiger partial charge on any atom is 0.306 e. The maximum atomic E-state index is 13.4. The fourth-order valence-corrected chi connectivity index (χ4v) is 8.64. The van der Waals surface area contributed by atoms with Crippen molar-refractivity contribution in [2.75, 3.05) is 13.2 Å². The van der Waals surface area contributed by atoms with Gasteiger partial charge in [0, 0.05) is 6.42 Å². The Morgan fingerprint density at radius 1 is 0.539 bits per heavy atom. The van der Waals surface area contributed by atoms with E-state index < -0.39 is 67.4 Å². The molecule has 1 saturated heterocycles. The molecule has 1 rings (SSSR count). The fourth-order valence-electron chi connectivity index (χ4n) is 8.64. The highest BCUT2D eigenvalue weighted by atomic mass is 16.7. The first-order valence-electron chi connectivity index (χ1n) is 30.2. The lowest BCUT2D eigenvalue weighted by Crippen LogP contribution is -2.61. The lowest BCUT2D eigenvalue weighted by atomic mass is 9.99. The van der Waals surface area contributed by atoms with Crippen molar-refractivity contribution < 1.29 is 49.3 Å². The first kappa shape index (κ1) is 70.3. The Balaban J connectivity index is 2.73. The molecular weight excluding hydrogens is 955 g/mol. The number of ether oxygens (including phenoxy) is 3. The summed E-state index contributed by atoms with van der Waals surface area (Å²) in [5, 5.41) is 56.9. The third-order valence-corrected chi connectivity index (χ3v) is 13.4. The second-order valence-electron chi connectivity index (χ2n) is 20.4. The van der Waals surface area contributed by atoms with E-state index in [4.69, 9.17) is 14.2 Å². The van der Waals surface area contributed by atoms with Crippen LogP contribution in [0.2, 0.25) is 0 Å². The van der Waals surface area contributed by atoms with Crippen molar-refractivity contribution in [1.29, 1.82) is 0 Å². The normalized spacial score (nSPS) is 19.9. The van der Waals surface area contributed by atoms with Gasteiger partial charge in [0.25, 0.3) is 0 Å². The second-order valence-corrected chi connectivity index (χ2v) is 20.4. The van der Waals surface area contributed by atoms with Gasteiger partial charge in [-0.05, 0) is 103 Å². The zero-order valence-corrected chi connectivity index (χ0v) is 47.8. The summed E-state index contributed by atoms with van der Waals surface area (Å²) < 4.78 is 17.5. The molecule has 1 aliphatic rings. The zero-order chi connectivity index (χ0) is 55.4. The number of carbonyl (C=O) groups excluding carboxylic acids is 2. The smallest absolute Gasteiger partial charge is 0.306 e. The minimum absolute atomic E-state index is 0.0612. The first-order valence-corrected chi connectivity index (χ1v) is 30.2. The predicted molar refractivity (Wildman–Crippen MR) is 315 cm³/mol. The average molecular weight is 1060 g/mol. The van der Waals surface area contributed by atoms with Gasteiger partial charge in [-0.1, -0.05) is 226 Å². The quantitative estimate of drug-likeness (QED) is 0.0149. The molecule has 0 radical (unpaired) electrons. The summed E-state index contributed by atoms with van der Waals surface area (Å²) in [4.78, 5) is 26.5. The fraction of sp³-hybridized carbons (Fsp3) is 0.692. The molecule has 11 heteroatoms. The van der Waals surface area contributed by atoms with Gasteiger partial charge in [-0.25, -0.2) is 0 Å². The van der Waals surface area contributed by atoms with Crippen molar-refractivity contribution >= 4 is 11.9 Å². The summed E-state index contributed by atoms with van der Waals surface area (Å²) in [5.74, 6) is -1.26. The number of unbranched alkanes of at least 4 members (excludes halogenated alkanes) is 20. The number of esters is 1. The summed E-state index contributed by atoms with van der Waals surface area (Å²) in [6.07, 6.45) is 59.8. The van der Waals surface area contributed by atoms with Gasteiger partial charge in [-0.15, -0.1) is 0 Å². The van der Waals surface area contributed by atoms with Gasteiger partial charge in [0.2, 0.25) is 5.91 Å². The Labute approximate surface area is 462 Å². The van der Waals surface area contributed by atoms with Gasteiger partial charge in [0.15, 0.2) is 12.4 Å². The molecule has 1 amide bonds. The molecule has 0 aromatic rings. The van der Waals surface area contributed by atoms with Crippen LogP contribution in [-0.2, 0) is 23.8 Å². The third-order valence-electron chi connectivity index (χ3n) is 13.4. The molecular formula is C65H109NO10. The van der Waals surface area contributed by atoms with Gasteiger partial charge in [-0.2, -0.15) is 0 Å². The van der Waals surface area contributed by atoms with Crippen molar-refractivity contribution in [2.45, 2.75) is 275 Å². The number of nitrogens with one attached hydrogen (secondary N) is 1. The summed E-state index contributed by atoms with van der Waals surface area (Å²) in [5.41, 5.74) is 0. The third kappa shape index (κ3) is 39.6. The molecule has 76 heavy (non-hydrogen) atoms. The molecule has 1 heterocycles. The molecule has 1 aliphatic heterocycles. The number of aliphatic hydroxyl groups is 5. The highest BCUT2D eigenvalue weighted by molar-refractivity contribution is 5.80. The van der Waals surface area contributed by atoms with Crippen LogP contribution < -0.4 is 5.32 Å². The Hall–Kier alpha value is -3.68. The molecule has 8 unspecified atom stereocenters. The lowest BCUT2D eigenvalue weighted by Gasteiger charge is -2.41. The van der Waals surface area contributed by atoms with Crippen LogP contribution in [0.1, 0.15) is 226 Å². The van der Waals surface area contributed by atoms with Crippen molar-refractivity contribution in [3.05, 3.63) is 109 Å². The van der Waals surface area contributed by atoms with Crippen LogP contribution in [0.15, 0.2) is 109 Å². The largest absolute Gasteiger partial charge is 0.454 e. The van der Waals surface area contributed by atoms with Crippen LogP contribution >= 0.6 is 0 Å². The maximum absolute atomic E-state index is 13.4. The van der Waals surface area contributed by atoms with E-state index in [1.807, 2.05) is 6.08 Å². The minimum atomic E-state index is -1.64. The molecule has 0 aromatic carbocycles. The second kappa shape index (κ2) is 52.0. The van der Waals surface area contributed by atoms with Crippen LogP contribution in [0.5, 0.6) is 0 Å². The average Bonchev–Trinajstić information content (AvgIpc) is 3.42. The lowest BCUT2D eigenvalue weighted by molar-refractivity contribution is -0.305. The van der Waals surface area contributed by atoms with E-state index in [1.165, 1.54) is 64.2 Å². The van der Waals surface area contributed by atoms with E-state index in [1.54, 1.807) is 6.08 Å². The Kier molecular flexibility index (Phi) is 48.2. The number of aliphatic hydroxyl groups excluding tert-OH is 5. The molecule has 0 bridgehead atoms. The van der Waals surface area contributed by atoms with Gasteiger partial charge < -0.3 is 45.1 Å². The highest BCUT2D eigenvalue weighted by Crippen LogP contribution is 2.26. The van der Waals surface area contributed by atoms with Crippen LogP contribution in [0.25, 0.3) is 0 Å². The number of carbonyl (C=O) groups is 2. The van der Waals surface area contributed by atoms with E-state index in [0.717, 1.165) is 116 Å². The van der Waals surface area contributed by atoms with Crippen molar-refractivity contribution in [3.63, 3.8) is 0 Å². The molecule has 11 nitrogen and oxygen atoms in total. The summed E-state index contributed by atoms with van der Waals surface area (Å²) in [6.45, 7) is 5.59. The van der Waals surface area contributed by atoms with E-state index in [2.05, 4.69) is 123 Å². The van der Waals surface area contributed by atoms with Crippen LogP contribution in [0.4, 0.5) is 0 Å². The molecule has 0 aromatic heterocycles. The SMILES string of the molecule is CC/C=C\C/C=C\C/C=C\C/C=C\C/C=C\C/C=C\CCCCC(=O)OC1C(OCC(NC(=O)C(O)CCCCCCC/C=C/C=C/CCCCC)C(O)/C=C/CCCCCCCCCCCC)OC(CO)C(O)C1O. The number of rotatable bonds is 49. The van der Waals surface area contributed by atoms with Crippen molar-refractivity contribution in [1.82, 2.24) is 5.32 Å². The monoisotopic (exact) mass is 1060 g/mol. The van der Waals surface area contributed by atoms with Gasteiger partial charge in [0.05, 0.1) is 25.4 Å². The zero-order valence-electron chi connectivity index (χ0n) is 47.8. The summed E-state index contributed by atoms with van der Waals surface area (Å²) >= 11 is 0. The molecule has 0 aliphatic carbocycles. The van der Waals surface area contributed by atoms with Crippen LogP contribution in [0.3, 0.4) is 0 Å². The number of hydrogen-bond acceptors (Lipinski definition) is 10. The molecule has 1 fully saturated rings. The number of allylic oxidation sites excluding steroid dienone is 17. The Bertz CT molecular complexity index is 1650. The standard InChI is InChI=1S/C65H109NO10/c1-4-7-10-13-16-19-22-25-27-28-29-30-31-32-33-35-38-41-44-47-50-53-60(70)76-63-62(72)61(71)59(54-67)75-65(63)74-55-56(57(68)51-48-45-42-39-36-24-21-18-15-12-9-6-3)66-64(73)58(69)52-49-46-43-40-37-34-26-23-20-17-14-11-8-5-2/h7,10,16-17,19-20,23,25-27,29-30,32-33,38,41,48,51,56-59,61-63,65,67-69,71-72H,4-6,8-9,11-15,18,21-22,24,28,31,34-37,39-40,42-47,49-50,52-55H2,1-3H3,(H,66,73)/b10-7-,19-16-,20-17+,26-23+,27-25-,30-29-,33-32-,41-38-,51-48+. The van der Waals surface area contributed by atoms with E-state index in [9.17, 15) is 35.1 Å². The molecule has 0 spiro atoms. The topological polar surface area (TPSA) is 175 Å². The van der Waals surface area contributed by atoms with Gasteiger partial charge in [-0.3, -0.25) is 9.59 Å². The predicted octanol–water partition coefficient (Wildman–Crippen LogP) is 14.1. The Morgan fingerprint density at radius 3 is 1.53 bits per heavy atom. The van der Waals surface area contributed by atoms with Crippen molar-refractivity contribution in [2.24, 2.45) is 0 Å². The number of amides is 1.